The van der Waals surface area contributed by atoms with Gasteiger partial charge in [-0.2, -0.15) is 5.26 Å². The van der Waals surface area contributed by atoms with E-state index in [2.05, 4.69) is 11.4 Å². The molecule has 1 amide bonds. The summed E-state index contributed by atoms with van der Waals surface area (Å²) >= 11 is 0. The molecule has 1 aliphatic carbocycles. The highest BCUT2D eigenvalue weighted by molar-refractivity contribution is 5.88. The Kier molecular flexibility index (Phi) is 3.14. The van der Waals surface area contributed by atoms with Crippen LogP contribution in [-0.4, -0.2) is 5.91 Å². The fourth-order valence-electron chi connectivity index (χ4n) is 2.52. The molecule has 1 N–H and O–H groups in total. The summed E-state index contributed by atoms with van der Waals surface area (Å²) in [4.78, 5) is 10.9. The zero-order valence-electron chi connectivity index (χ0n) is 9.99. The van der Waals surface area contributed by atoms with E-state index in [1.54, 1.807) is 0 Å². The molecule has 88 valence electrons. The van der Waals surface area contributed by atoms with Crippen molar-refractivity contribution in [3.8, 4) is 6.07 Å². The number of hydrogen-bond acceptors (Lipinski definition) is 2. The molecule has 2 rings (SSSR count). The summed E-state index contributed by atoms with van der Waals surface area (Å²) in [6.07, 6.45) is 4.15. The Morgan fingerprint density at radius 2 is 1.88 bits per heavy atom. The molecule has 1 aliphatic rings. The minimum absolute atomic E-state index is 0.0754. The molecule has 0 spiro atoms. The van der Waals surface area contributed by atoms with Crippen LogP contribution in [0.3, 0.4) is 0 Å². The molecule has 0 saturated heterocycles. The zero-order valence-corrected chi connectivity index (χ0v) is 9.99. The van der Waals surface area contributed by atoms with Crippen LogP contribution in [-0.2, 0) is 10.2 Å². The number of rotatable bonds is 2. The summed E-state index contributed by atoms with van der Waals surface area (Å²) in [7, 11) is 0. The van der Waals surface area contributed by atoms with Gasteiger partial charge in [0.05, 0.1) is 11.5 Å². The van der Waals surface area contributed by atoms with E-state index in [-0.39, 0.29) is 11.3 Å². The van der Waals surface area contributed by atoms with Crippen molar-refractivity contribution in [3.63, 3.8) is 0 Å². The minimum Gasteiger partial charge on any atom is -0.326 e. The van der Waals surface area contributed by atoms with Crippen molar-refractivity contribution < 1.29 is 4.79 Å². The number of anilines is 1. The summed E-state index contributed by atoms with van der Waals surface area (Å²) in [5, 5.41) is 12.1. The molecular formula is C14H16N2O. The second kappa shape index (κ2) is 4.58. The fourth-order valence-corrected chi connectivity index (χ4v) is 2.52. The van der Waals surface area contributed by atoms with E-state index < -0.39 is 0 Å². The lowest BCUT2D eigenvalue weighted by molar-refractivity contribution is -0.114. The largest absolute Gasteiger partial charge is 0.326 e. The van der Waals surface area contributed by atoms with Crippen LogP contribution in [0.5, 0.6) is 0 Å². The van der Waals surface area contributed by atoms with Gasteiger partial charge in [0.25, 0.3) is 0 Å². The molecule has 3 heteroatoms. The van der Waals surface area contributed by atoms with Gasteiger partial charge in [-0.05, 0) is 30.5 Å². The quantitative estimate of drug-likeness (QED) is 0.846. The van der Waals surface area contributed by atoms with Crippen molar-refractivity contribution in [2.75, 3.05) is 5.32 Å². The molecule has 1 saturated carbocycles. The zero-order chi connectivity index (χ0) is 12.3. The standard InChI is InChI=1S/C14H16N2O/c1-11(17)16-13-6-4-12(5-7-13)14(10-15)8-2-3-9-14/h4-7H,2-3,8-9H2,1H3,(H,16,17). The van der Waals surface area contributed by atoms with Gasteiger partial charge in [0, 0.05) is 12.6 Å². The molecule has 0 unspecified atom stereocenters. The average molecular weight is 228 g/mol. The van der Waals surface area contributed by atoms with Crippen LogP contribution >= 0.6 is 0 Å². The second-order valence-electron chi connectivity index (χ2n) is 4.66. The number of carbonyl (C=O) groups is 1. The Bertz CT molecular complexity index is 450. The maximum absolute atomic E-state index is 10.9. The number of amides is 1. The van der Waals surface area contributed by atoms with E-state index in [4.69, 9.17) is 0 Å². The second-order valence-corrected chi connectivity index (χ2v) is 4.66. The van der Waals surface area contributed by atoms with E-state index >= 15 is 0 Å². The number of nitriles is 1. The Hall–Kier alpha value is -1.82. The van der Waals surface area contributed by atoms with Crippen molar-refractivity contribution in [3.05, 3.63) is 29.8 Å². The monoisotopic (exact) mass is 228 g/mol. The predicted octanol–water partition coefficient (Wildman–Crippen LogP) is 2.98. The number of nitrogens with zero attached hydrogens (tertiary/aromatic N) is 1. The van der Waals surface area contributed by atoms with E-state index in [1.807, 2.05) is 24.3 Å². The Morgan fingerprint density at radius 3 is 2.35 bits per heavy atom. The molecular weight excluding hydrogens is 212 g/mol. The SMILES string of the molecule is CC(=O)Nc1ccc(C2(C#N)CCCC2)cc1. The highest BCUT2D eigenvalue weighted by atomic mass is 16.1. The van der Waals surface area contributed by atoms with E-state index in [9.17, 15) is 10.1 Å². The van der Waals surface area contributed by atoms with Crippen LogP contribution in [0.1, 0.15) is 38.2 Å². The lowest BCUT2D eigenvalue weighted by Crippen LogP contribution is -2.19. The topological polar surface area (TPSA) is 52.9 Å². The summed E-state index contributed by atoms with van der Waals surface area (Å²) in [5.41, 5.74) is 1.56. The third kappa shape index (κ3) is 2.31. The van der Waals surface area contributed by atoms with Crippen molar-refractivity contribution in [2.45, 2.75) is 38.0 Å². The predicted molar refractivity (Wildman–Crippen MR) is 66.5 cm³/mol. The molecule has 0 aromatic heterocycles. The third-order valence-electron chi connectivity index (χ3n) is 3.43. The van der Waals surface area contributed by atoms with Crippen molar-refractivity contribution in [2.24, 2.45) is 0 Å². The fraction of sp³-hybridized carbons (Fsp3) is 0.429. The Morgan fingerprint density at radius 1 is 1.29 bits per heavy atom. The Balaban J connectivity index is 2.23. The summed E-state index contributed by atoms with van der Waals surface area (Å²) in [6.45, 7) is 1.49. The molecule has 1 fully saturated rings. The summed E-state index contributed by atoms with van der Waals surface area (Å²) < 4.78 is 0. The van der Waals surface area contributed by atoms with Gasteiger partial charge < -0.3 is 5.32 Å². The number of nitrogens with one attached hydrogen (secondary N) is 1. The summed E-state index contributed by atoms with van der Waals surface area (Å²) in [5.74, 6) is -0.0754. The molecule has 0 bridgehead atoms. The first-order chi connectivity index (χ1) is 8.16. The number of benzene rings is 1. The molecule has 3 nitrogen and oxygen atoms in total. The molecule has 0 heterocycles. The normalized spacial score (nSPS) is 17.4. The van der Waals surface area contributed by atoms with E-state index in [0.29, 0.717) is 0 Å². The van der Waals surface area contributed by atoms with E-state index in [0.717, 1.165) is 36.9 Å². The van der Waals surface area contributed by atoms with Crippen molar-refractivity contribution in [1.82, 2.24) is 0 Å². The molecule has 0 atom stereocenters. The molecule has 1 aromatic carbocycles. The van der Waals surface area contributed by atoms with Crippen LogP contribution < -0.4 is 5.32 Å². The highest BCUT2D eigenvalue weighted by Gasteiger charge is 2.35. The molecule has 0 radical (unpaired) electrons. The van der Waals surface area contributed by atoms with Crippen LogP contribution in [0, 0.1) is 11.3 Å². The van der Waals surface area contributed by atoms with Crippen molar-refractivity contribution in [1.29, 1.82) is 5.26 Å². The Labute approximate surface area is 101 Å². The van der Waals surface area contributed by atoms with Gasteiger partial charge in [-0.15, -0.1) is 0 Å². The number of carbonyl (C=O) groups excluding carboxylic acids is 1. The first kappa shape index (κ1) is 11.7. The lowest BCUT2D eigenvalue weighted by atomic mass is 9.80. The third-order valence-corrected chi connectivity index (χ3v) is 3.43. The van der Waals surface area contributed by atoms with Crippen LogP contribution in [0.4, 0.5) is 5.69 Å². The van der Waals surface area contributed by atoms with Crippen LogP contribution in [0.25, 0.3) is 0 Å². The first-order valence-corrected chi connectivity index (χ1v) is 5.96. The van der Waals surface area contributed by atoms with Gasteiger partial charge >= 0.3 is 0 Å². The van der Waals surface area contributed by atoms with Gasteiger partial charge in [-0.3, -0.25) is 4.79 Å². The minimum atomic E-state index is -0.297. The number of hydrogen-bond donors (Lipinski definition) is 1. The van der Waals surface area contributed by atoms with Crippen LogP contribution in [0.2, 0.25) is 0 Å². The lowest BCUT2D eigenvalue weighted by Gasteiger charge is -2.20. The smallest absolute Gasteiger partial charge is 0.221 e. The van der Waals surface area contributed by atoms with Crippen LogP contribution in [0.15, 0.2) is 24.3 Å². The maximum Gasteiger partial charge on any atom is 0.221 e. The molecule has 1 aromatic rings. The van der Waals surface area contributed by atoms with E-state index in [1.165, 1.54) is 6.92 Å². The van der Waals surface area contributed by atoms with Gasteiger partial charge in [0.1, 0.15) is 0 Å². The van der Waals surface area contributed by atoms with Gasteiger partial charge in [-0.1, -0.05) is 25.0 Å². The van der Waals surface area contributed by atoms with Gasteiger partial charge in [0.15, 0.2) is 0 Å². The first-order valence-electron chi connectivity index (χ1n) is 5.96. The highest BCUT2D eigenvalue weighted by Crippen LogP contribution is 2.40. The van der Waals surface area contributed by atoms with Crippen molar-refractivity contribution >= 4 is 11.6 Å². The van der Waals surface area contributed by atoms with Gasteiger partial charge in [-0.25, -0.2) is 0 Å². The van der Waals surface area contributed by atoms with Gasteiger partial charge in [0.2, 0.25) is 5.91 Å². The molecule has 17 heavy (non-hydrogen) atoms. The summed E-state index contributed by atoms with van der Waals surface area (Å²) in [6, 6.07) is 10.1. The average Bonchev–Trinajstić information content (AvgIpc) is 2.79. The maximum atomic E-state index is 10.9. The molecule has 0 aliphatic heterocycles.